The quantitative estimate of drug-likeness (QED) is 0.811. The molecule has 2 N–H and O–H groups in total. The summed E-state index contributed by atoms with van der Waals surface area (Å²) in [6, 6.07) is 2.00. The molecule has 0 radical (unpaired) electrons. The Morgan fingerprint density at radius 2 is 2.35 bits per heavy atom. The van der Waals surface area contributed by atoms with Crippen molar-refractivity contribution in [2.45, 2.75) is 32.9 Å². The topological polar surface area (TPSA) is 64.2 Å². The number of piperidine rings is 1. The van der Waals surface area contributed by atoms with Crippen LogP contribution >= 0.6 is 0 Å². The summed E-state index contributed by atoms with van der Waals surface area (Å²) >= 11 is 0. The molecule has 1 aromatic rings. The van der Waals surface area contributed by atoms with Crippen molar-refractivity contribution in [3.63, 3.8) is 0 Å². The summed E-state index contributed by atoms with van der Waals surface area (Å²) in [5, 5.41) is 4.05. The second-order valence-corrected chi connectivity index (χ2v) is 5.40. The summed E-state index contributed by atoms with van der Waals surface area (Å²) in [5.74, 6) is 0.119. The highest BCUT2D eigenvalue weighted by molar-refractivity contribution is 5.76. The van der Waals surface area contributed by atoms with Gasteiger partial charge >= 0.3 is 0 Å². The molecule has 0 saturated carbocycles. The number of hydrogen-bond acceptors (Lipinski definition) is 3. The first-order valence-electron chi connectivity index (χ1n) is 6.00. The van der Waals surface area contributed by atoms with Gasteiger partial charge in [-0.05, 0) is 17.9 Å². The smallest absolute Gasteiger partial charge is 0.244 e. The second-order valence-electron chi connectivity index (χ2n) is 5.40. The number of hydrogen-bond donors (Lipinski definition) is 1. The van der Waals surface area contributed by atoms with E-state index in [1.807, 2.05) is 11.0 Å². The van der Waals surface area contributed by atoms with Gasteiger partial charge in [-0.2, -0.15) is 5.10 Å². The monoisotopic (exact) mass is 236 g/mol. The fourth-order valence-corrected chi connectivity index (χ4v) is 2.22. The zero-order valence-electron chi connectivity index (χ0n) is 10.5. The van der Waals surface area contributed by atoms with Gasteiger partial charge in [0.15, 0.2) is 0 Å². The molecule has 1 unspecified atom stereocenters. The predicted molar refractivity (Wildman–Crippen MR) is 65.2 cm³/mol. The maximum absolute atomic E-state index is 12.1. The highest BCUT2D eigenvalue weighted by atomic mass is 16.2. The van der Waals surface area contributed by atoms with Gasteiger partial charge in [-0.25, -0.2) is 0 Å². The van der Waals surface area contributed by atoms with Crippen LogP contribution in [0, 0.1) is 5.41 Å². The summed E-state index contributed by atoms with van der Waals surface area (Å²) in [5.41, 5.74) is 6.05. The molecule has 0 bridgehead atoms. The highest BCUT2D eigenvalue weighted by Crippen LogP contribution is 2.27. The summed E-state index contributed by atoms with van der Waals surface area (Å²) in [6.45, 7) is 6.04. The Bertz CT molecular complexity index is 385. The molecule has 0 aromatic carbocycles. The molecular weight excluding hydrogens is 216 g/mol. The van der Waals surface area contributed by atoms with E-state index in [0.717, 1.165) is 19.5 Å². The average molecular weight is 236 g/mol. The first kappa shape index (κ1) is 12.1. The predicted octanol–water partition coefficient (Wildman–Crippen LogP) is 0.469. The van der Waals surface area contributed by atoms with E-state index < -0.39 is 0 Å². The molecule has 1 amide bonds. The van der Waals surface area contributed by atoms with Gasteiger partial charge in [-0.1, -0.05) is 13.8 Å². The first-order chi connectivity index (χ1) is 7.99. The van der Waals surface area contributed by atoms with Crippen LogP contribution in [0.3, 0.4) is 0 Å². The van der Waals surface area contributed by atoms with E-state index in [1.54, 1.807) is 17.1 Å². The second kappa shape index (κ2) is 4.49. The molecule has 0 spiro atoms. The Morgan fingerprint density at radius 3 is 2.94 bits per heavy atom. The van der Waals surface area contributed by atoms with E-state index in [0.29, 0.717) is 6.54 Å². The number of carbonyl (C=O) groups is 1. The van der Waals surface area contributed by atoms with Crippen LogP contribution in [0.5, 0.6) is 0 Å². The molecule has 94 valence electrons. The molecule has 1 aliphatic heterocycles. The van der Waals surface area contributed by atoms with Crippen molar-refractivity contribution in [3.8, 4) is 0 Å². The minimum atomic E-state index is -0.00196. The number of nitrogens with two attached hydrogens (primary N) is 1. The van der Waals surface area contributed by atoms with Crippen molar-refractivity contribution < 1.29 is 4.79 Å². The van der Waals surface area contributed by atoms with Gasteiger partial charge in [0.05, 0.1) is 0 Å². The Kier molecular flexibility index (Phi) is 3.19. The number of nitrogens with zero attached hydrogens (tertiary/aromatic N) is 3. The molecule has 1 atom stereocenters. The zero-order chi connectivity index (χ0) is 12.5. The highest BCUT2D eigenvalue weighted by Gasteiger charge is 2.35. The Balaban J connectivity index is 1.97. The molecule has 5 nitrogen and oxygen atoms in total. The van der Waals surface area contributed by atoms with E-state index in [9.17, 15) is 4.79 Å². The van der Waals surface area contributed by atoms with Crippen LogP contribution < -0.4 is 5.73 Å². The van der Waals surface area contributed by atoms with Gasteiger partial charge in [0.1, 0.15) is 6.54 Å². The average Bonchev–Trinajstić information content (AvgIpc) is 2.74. The Hall–Kier alpha value is -1.36. The van der Waals surface area contributed by atoms with E-state index in [-0.39, 0.29) is 17.4 Å². The number of rotatable bonds is 2. The number of carbonyl (C=O) groups excluding carboxylic acids is 1. The maximum atomic E-state index is 12.1. The van der Waals surface area contributed by atoms with E-state index >= 15 is 0 Å². The van der Waals surface area contributed by atoms with Crippen molar-refractivity contribution in [3.05, 3.63) is 18.5 Å². The van der Waals surface area contributed by atoms with Crippen molar-refractivity contribution in [1.82, 2.24) is 14.7 Å². The molecule has 1 saturated heterocycles. The van der Waals surface area contributed by atoms with E-state index in [1.165, 1.54) is 0 Å². The van der Waals surface area contributed by atoms with Crippen molar-refractivity contribution in [1.29, 1.82) is 0 Å². The molecule has 0 aliphatic carbocycles. The molecule has 2 heterocycles. The summed E-state index contributed by atoms with van der Waals surface area (Å²) in [6.07, 6.45) is 4.36. The fraction of sp³-hybridized carbons (Fsp3) is 0.667. The molecule has 1 aromatic heterocycles. The lowest BCUT2D eigenvalue weighted by Gasteiger charge is -2.42. The van der Waals surface area contributed by atoms with Crippen LogP contribution in [-0.4, -0.2) is 39.7 Å². The summed E-state index contributed by atoms with van der Waals surface area (Å²) in [4.78, 5) is 14.0. The number of amides is 1. The Labute approximate surface area is 102 Å². The van der Waals surface area contributed by atoms with Gasteiger partial charge in [-0.15, -0.1) is 0 Å². The summed E-state index contributed by atoms with van der Waals surface area (Å²) < 4.78 is 1.66. The lowest BCUT2D eigenvalue weighted by molar-refractivity contribution is -0.135. The standard InChI is InChI=1S/C12H20N4O/c1-12(2)9-15(7-4-10(12)13)11(17)8-16-6-3-5-14-16/h3,5-6,10H,4,7-9,13H2,1-2H3. The SMILES string of the molecule is CC1(C)CN(C(=O)Cn2cccn2)CCC1N. The van der Waals surface area contributed by atoms with Crippen molar-refractivity contribution in [2.24, 2.45) is 11.1 Å². The minimum absolute atomic E-state index is 0.00196. The van der Waals surface area contributed by atoms with Gasteiger partial charge < -0.3 is 10.6 Å². The zero-order valence-corrected chi connectivity index (χ0v) is 10.5. The third kappa shape index (κ3) is 2.66. The van der Waals surface area contributed by atoms with Gasteiger partial charge in [0.25, 0.3) is 0 Å². The molecule has 17 heavy (non-hydrogen) atoms. The molecule has 5 heteroatoms. The van der Waals surface area contributed by atoms with E-state index in [4.69, 9.17) is 5.73 Å². The third-order valence-electron chi connectivity index (χ3n) is 3.52. The molecule has 1 aliphatic rings. The molecule has 2 rings (SSSR count). The van der Waals surface area contributed by atoms with Gasteiger partial charge in [0, 0.05) is 31.5 Å². The van der Waals surface area contributed by atoms with Gasteiger partial charge in [-0.3, -0.25) is 9.48 Å². The lowest BCUT2D eigenvalue weighted by Crippen LogP contribution is -2.54. The molecule has 1 fully saturated rings. The first-order valence-corrected chi connectivity index (χ1v) is 6.00. The number of likely N-dealkylation sites (tertiary alicyclic amines) is 1. The maximum Gasteiger partial charge on any atom is 0.244 e. The molecular formula is C12H20N4O. The fourth-order valence-electron chi connectivity index (χ4n) is 2.22. The summed E-state index contributed by atoms with van der Waals surface area (Å²) in [7, 11) is 0. The van der Waals surface area contributed by atoms with E-state index in [2.05, 4.69) is 18.9 Å². The van der Waals surface area contributed by atoms with Gasteiger partial charge in [0.2, 0.25) is 5.91 Å². The number of aromatic nitrogens is 2. The minimum Gasteiger partial charge on any atom is -0.340 e. The van der Waals surface area contributed by atoms with Crippen LogP contribution in [0.25, 0.3) is 0 Å². The Morgan fingerprint density at radius 1 is 1.59 bits per heavy atom. The third-order valence-corrected chi connectivity index (χ3v) is 3.52. The van der Waals surface area contributed by atoms with Crippen LogP contribution in [0.15, 0.2) is 18.5 Å². The largest absolute Gasteiger partial charge is 0.340 e. The lowest BCUT2D eigenvalue weighted by atomic mass is 9.80. The normalized spacial score (nSPS) is 23.7. The van der Waals surface area contributed by atoms with Crippen molar-refractivity contribution in [2.75, 3.05) is 13.1 Å². The van der Waals surface area contributed by atoms with Crippen LogP contribution in [0.2, 0.25) is 0 Å². The van der Waals surface area contributed by atoms with Crippen LogP contribution in [0.4, 0.5) is 0 Å². The van der Waals surface area contributed by atoms with Crippen molar-refractivity contribution >= 4 is 5.91 Å². The van der Waals surface area contributed by atoms with Crippen LogP contribution in [0.1, 0.15) is 20.3 Å². The van der Waals surface area contributed by atoms with Crippen LogP contribution in [-0.2, 0) is 11.3 Å².